The van der Waals surface area contributed by atoms with Crippen LogP contribution in [0.4, 0.5) is 10.1 Å². The van der Waals surface area contributed by atoms with Gasteiger partial charge >= 0.3 is 0 Å². The SMILES string of the molecule is CN(CC(=O)Nc1ccccc1F)CC1CCCCN1. The standard InChI is InChI=1S/C15H22FN3O/c1-19(10-12-6-4-5-9-17-12)11-15(20)18-14-8-3-2-7-13(14)16/h2-3,7-8,12,17H,4-6,9-11H2,1H3,(H,18,20). The van der Waals surface area contributed by atoms with Crippen LogP contribution < -0.4 is 10.6 Å². The Kier molecular flexibility index (Phi) is 5.49. The van der Waals surface area contributed by atoms with Crippen LogP contribution in [0.15, 0.2) is 24.3 Å². The molecule has 110 valence electrons. The van der Waals surface area contributed by atoms with Crippen LogP contribution in [0.5, 0.6) is 0 Å². The number of anilines is 1. The zero-order chi connectivity index (χ0) is 14.4. The quantitative estimate of drug-likeness (QED) is 0.864. The predicted molar refractivity (Wildman–Crippen MR) is 78.2 cm³/mol. The molecule has 2 rings (SSSR count). The largest absolute Gasteiger partial charge is 0.322 e. The minimum absolute atomic E-state index is 0.187. The number of hydrogen-bond donors (Lipinski definition) is 2. The molecule has 1 saturated heterocycles. The summed E-state index contributed by atoms with van der Waals surface area (Å²) in [5.41, 5.74) is 0.238. The summed E-state index contributed by atoms with van der Waals surface area (Å²) >= 11 is 0. The summed E-state index contributed by atoms with van der Waals surface area (Å²) < 4.78 is 13.4. The lowest BCUT2D eigenvalue weighted by molar-refractivity contribution is -0.117. The highest BCUT2D eigenvalue weighted by atomic mass is 19.1. The summed E-state index contributed by atoms with van der Waals surface area (Å²) in [6, 6.07) is 6.66. The van der Waals surface area contributed by atoms with Crippen molar-refractivity contribution in [2.45, 2.75) is 25.3 Å². The fourth-order valence-corrected chi connectivity index (χ4v) is 2.52. The molecule has 1 aromatic rings. The first kappa shape index (κ1) is 14.9. The number of benzene rings is 1. The monoisotopic (exact) mass is 279 g/mol. The number of nitrogens with one attached hydrogen (secondary N) is 2. The molecule has 1 heterocycles. The second-order valence-corrected chi connectivity index (χ2v) is 5.37. The van der Waals surface area contributed by atoms with Gasteiger partial charge in [-0.15, -0.1) is 0 Å². The molecular formula is C15H22FN3O. The first-order valence-corrected chi connectivity index (χ1v) is 7.11. The Bertz CT molecular complexity index is 446. The summed E-state index contributed by atoms with van der Waals surface area (Å²) in [6.07, 6.45) is 3.63. The molecule has 5 heteroatoms. The third-order valence-electron chi connectivity index (χ3n) is 3.51. The van der Waals surface area contributed by atoms with Crippen LogP contribution in [0.3, 0.4) is 0 Å². The van der Waals surface area contributed by atoms with Crippen molar-refractivity contribution in [2.24, 2.45) is 0 Å². The highest BCUT2D eigenvalue weighted by Crippen LogP contribution is 2.12. The van der Waals surface area contributed by atoms with Crippen molar-refractivity contribution in [3.05, 3.63) is 30.1 Å². The minimum atomic E-state index is -0.405. The highest BCUT2D eigenvalue weighted by Gasteiger charge is 2.16. The smallest absolute Gasteiger partial charge is 0.238 e. The zero-order valence-corrected chi connectivity index (χ0v) is 11.9. The Morgan fingerprint density at radius 3 is 2.95 bits per heavy atom. The number of likely N-dealkylation sites (N-methyl/N-ethyl adjacent to an activating group) is 1. The van der Waals surface area contributed by atoms with E-state index in [1.54, 1.807) is 18.2 Å². The van der Waals surface area contributed by atoms with Gasteiger partial charge in [0.25, 0.3) is 0 Å². The second-order valence-electron chi connectivity index (χ2n) is 5.37. The van der Waals surface area contributed by atoms with Crippen LogP contribution in [-0.4, -0.2) is 43.5 Å². The van der Waals surface area contributed by atoms with Crippen LogP contribution in [0.25, 0.3) is 0 Å². The molecule has 1 fully saturated rings. The molecule has 0 aromatic heterocycles. The third-order valence-corrected chi connectivity index (χ3v) is 3.51. The Balaban J connectivity index is 1.77. The molecule has 0 radical (unpaired) electrons. The van der Waals surface area contributed by atoms with E-state index in [1.165, 1.54) is 18.9 Å². The van der Waals surface area contributed by atoms with E-state index < -0.39 is 5.82 Å². The Morgan fingerprint density at radius 2 is 2.25 bits per heavy atom. The molecule has 1 atom stereocenters. The normalized spacial score (nSPS) is 19.1. The van der Waals surface area contributed by atoms with Gasteiger partial charge in [0.1, 0.15) is 5.82 Å². The number of halogens is 1. The number of piperidine rings is 1. The van der Waals surface area contributed by atoms with E-state index in [2.05, 4.69) is 10.6 Å². The number of nitrogens with zero attached hydrogens (tertiary/aromatic N) is 1. The average molecular weight is 279 g/mol. The number of para-hydroxylation sites is 1. The van der Waals surface area contributed by atoms with Gasteiger partial charge in [0.05, 0.1) is 12.2 Å². The van der Waals surface area contributed by atoms with Crippen molar-refractivity contribution in [1.29, 1.82) is 0 Å². The van der Waals surface area contributed by atoms with Crippen molar-refractivity contribution in [3.63, 3.8) is 0 Å². The van der Waals surface area contributed by atoms with Gasteiger partial charge in [-0.2, -0.15) is 0 Å². The van der Waals surface area contributed by atoms with Crippen LogP contribution in [0.1, 0.15) is 19.3 Å². The van der Waals surface area contributed by atoms with Gasteiger partial charge in [-0.05, 0) is 38.6 Å². The lowest BCUT2D eigenvalue weighted by Crippen LogP contribution is -2.44. The van der Waals surface area contributed by atoms with Crippen LogP contribution in [0.2, 0.25) is 0 Å². The second kappa shape index (κ2) is 7.36. The molecule has 20 heavy (non-hydrogen) atoms. The van der Waals surface area contributed by atoms with Crippen molar-refractivity contribution >= 4 is 11.6 Å². The van der Waals surface area contributed by atoms with Crippen molar-refractivity contribution < 1.29 is 9.18 Å². The van der Waals surface area contributed by atoms with E-state index in [0.29, 0.717) is 6.04 Å². The minimum Gasteiger partial charge on any atom is -0.322 e. The Labute approximate surface area is 119 Å². The molecule has 0 saturated carbocycles. The van der Waals surface area contributed by atoms with Gasteiger partial charge in [-0.3, -0.25) is 9.69 Å². The average Bonchev–Trinajstić information content (AvgIpc) is 2.42. The van der Waals surface area contributed by atoms with E-state index >= 15 is 0 Å². The molecule has 2 N–H and O–H groups in total. The van der Waals surface area contributed by atoms with E-state index in [9.17, 15) is 9.18 Å². The summed E-state index contributed by atoms with van der Waals surface area (Å²) in [6.45, 7) is 2.16. The fraction of sp³-hybridized carbons (Fsp3) is 0.533. The topological polar surface area (TPSA) is 44.4 Å². The van der Waals surface area contributed by atoms with Crippen LogP contribution in [-0.2, 0) is 4.79 Å². The molecule has 0 spiro atoms. The maximum Gasteiger partial charge on any atom is 0.238 e. The molecule has 1 unspecified atom stereocenters. The van der Waals surface area contributed by atoms with Gasteiger partial charge in [-0.1, -0.05) is 18.6 Å². The zero-order valence-electron chi connectivity index (χ0n) is 11.9. The third kappa shape index (κ3) is 4.58. The van der Waals surface area contributed by atoms with Gasteiger partial charge in [0.2, 0.25) is 5.91 Å². The molecule has 0 bridgehead atoms. The van der Waals surface area contributed by atoms with Crippen molar-refractivity contribution in [3.8, 4) is 0 Å². The fourth-order valence-electron chi connectivity index (χ4n) is 2.52. The van der Waals surface area contributed by atoms with Gasteiger partial charge in [0.15, 0.2) is 0 Å². The van der Waals surface area contributed by atoms with Gasteiger partial charge < -0.3 is 10.6 Å². The van der Waals surface area contributed by atoms with E-state index in [1.807, 2.05) is 11.9 Å². The lowest BCUT2D eigenvalue weighted by atomic mass is 10.0. The van der Waals surface area contributed by atoms with Crippen molar-refractivity contribution in [1.82, 2.24) is 10.2 Å². The molecule has 4 nitrogen and oxygen atoms in total. The number of carbonyl (C=O) groups is 1. The van der Waals surface area contributed by atoms with Gasteiger partial charge in [-0.25, -0.2) is 4.39 Å². The maximum absolute atomic E-state index is 13.4. The van der Waals surface area contributed by atoms with Crippen LogP contribution in [0, 0.1) is 5.82 Å². The van der Waals surface area contributed by atoms with Crippen molar-refractivity contribution in [2.75, 3.05) is 32.0 Å². The van der Waals surface area contributed by atoms with E-state index in [-0.39, 0.29) is 18.1 Å². The lowest BCUT2D eigenvalue weighted by Gasteiger charge is -2.27. The Hall–Kier alpha value is -1.46. The molecule has 1 aliphatic heterocycles. The number of hydrogen-bond acceptors (Lipinski definition) is 3. The summed E-state index contributed by atoms with van der Waals surface area (Å²) in [4.78, 5) is 13.8. The predicted octanol–water partition coefficient (Wildman–Crippen LogP) is 1.84. The van der Waals surface area contributed by atoms with E-state index in [0.717, 1.165) is 19.5 Å². The molecule has 1 aliphatic rings. The summed E-state index contributed by atoms with van der Waals surface area (Å²) in [5.74, 6) is -0.592. The summed E-state index contributed by atoms with van der Waals surface area (Å²) in [7, 11) is 1.91. The molecular weight excluding hydrogens is 257 g/mol. The maximum atomic E-state index is 13.4. The Morgan fingerprint density at radius 1 is 1.45 bits per heavy atom. The van der Waals surface area contributed by atoms with Gasteiger partial charge in [0, 0.05) is 12.6 Å². The summed E-state index contributed by atoms with van der Waals surface area (Å²) in [5, 5.41) is 6.05. The number of amides is 1. The molecule has 1 amide bonds. The van der Waals surface area contributed by atoms with Crippen LogP contribution >= 0.6 is 0 Å². The van der Waals surface area contributed by atoms with E-state index in [4.69, 9.17) is 0 Å². The number of rotatable bonds is 5. The molecule has 0 aliphatic carbocycles. The molecule has 1 aromatic carbocycles. The number of carbonyl (C=O) groups excluding carboxylic acids is 1. The highest BCUT2D eigenvalue weighted by molar-refractivity contribution is 5.92. The first-order chi connectivity index (χ1) is 9.65. The first-order valence-electron chi connectivity index (χ1n) is 7.11.